The van der Waals surface area contributed by atoms with Crippen LogP contribution in [-0.4, -0.2) is 44.1 Å². The van der Waals surface area contributed by atoms with Crippen LogP contribution in [0.2, 0.25) is 0 Å². The van der Waals surface area contributed by atoms with E-state index in [2.05, 4.69) is 14.9 Å². The van der Waals surface area contributed by atoms with Gasteiger partial charge in [0.05, 0.1) is 10.6 Å². The van der Waals surface area contributed by atoms with Gasteiger partial charge in [0.1, 0.15) is 5.82 Å². The number of hydrogen-bond acceptors (Lipinski definition) is 5. The Bertz CT molecular complexity index is 1070. The van der Waals surface area contributed by atoms with Gasteiger partial charge in [-0.1, -0.05) is 19.1 Å². The summed E-state index contributed by atoms with van der Waals surface area (Å²) < 4.78 is 41.5. The number of nitrogens with zero attached hydrogens (tertiary/aromatic N) is 1. The summed E-state index contributed by atoms with van der Waals surface area (Å²) in [4.78, 5) is 15.4. The maximum atomic E-state index is 13.1. The topological polar surface area (TPSA) is 78.5 Å². The molecule has 0 saturated carbocycles. The Morgan fingerprint density at radius 2 is 1.88 bits per heavy atom. The molecule has 0 aromatic heterocycles. The van der Waals surface area contributed by atoms with Crippen LogP contribution in [0.4, 0.5) is 10.1 Å². The minimum Gasteiger partial charge on any atom is -0.325 e. The van der Waals surface area contributed by atoms with Crippen LogP contribution in [0.1, 0.15) is 31.7 Å². The number of thioether (sulfide) groups is 1. The summed E-state index contributed by atoms with van der Waals surface area (Å²) in [6.45, 7) is 4.91. The Balaban J connectivity index is 1.31. The molecule has 0 radical (unpaired) electrons. The molecule has 4 rings (SSSR count). The van der Waals surface area contributed by atoms with Crippen LogP contribution in [0.3, 0.4) is 0 Å². The van der Waals surface area contributed by atoms with Crippen molar-refractivity contribution < 1.29 is 17.6 Å². The monoisotopic (exact) mass is 477 g/mol. The third kappa shape index (κ3) is 5.89. The van der Waals surface area contributed by atoms with Crippen molar-refractivity contribution in [2.45, 2.75) is 47.8 Å². The SMILES string of the molecule is C[C@@H]1CC(=O)Nc2cc(S(=O)(=O)NCC3CCN(Cc4ccc(F)cc4)CC3)ccc2S1. The van der Waals surface area contributed by atoms with Crippen molar-refractivity contribution in [3.8, 4) is 0 Å². The fourth-order valence-corrected chi connectivity index (χ4v) is 6.30. The lowest BCUT2D eigenvalue weighted by Crippen LogP contribution is -2.38. The summed E-state index contributed by atoms with van der Waals surface area (Å²) in [5.41, 5.74) is 1.63. The van der Waals surface area contributed by atoms with E-state index in [4.69, 9.17) is 0 Å². The van der Waals surface area contributed by atoms with Gasteiger partial charge < -0.3 is 5.32 Å². The van der Waals surface area contributed by atoms with Gasteiger partial charge in [0.15, 0.2) is 0 Å². The van der Waals surface area contributed by atoms with E-state index < -0.39 is 10.0 Å². The predicted molar refractivity (Wildman–Crippen MR) is 125 cm³/mol. The van der Waals surface area contributed by atoms with E-state index in [0.29, 0.717) is 18.7 Å². The van der Waals surface area contributed by atoms with Crippen LogP contribution in [0, 0.1) is 11.7 Å². The lowest BCUT2D eigenvalue weighted by Gasteiger charge is -2.32. The van der Waals surface area contributed by atoms with Crippen molar-refractivity contribution in [2.24, 2.45) is 5.92 Å². The maximum Gasteiger partial charge on any atom is 0.240 e. The van der Waals surface area contributed by atoms with Crippen LogP contribution in [0.25, 0.3) is 0 Å². The van der Waals surface area contributed by atoms with E-state index in [-0.39, 0.29) is 27.8 Å². The highest BCUT2D eigenvalue weighted by molar-refractivity contribution is 8.00. The van der Waals surface area contributed by atoms with Gasteiger partial charge in [0, 0.05) is 29.7 Å². The normalized spacial score (nSPS) is 20.4. The van der Waals surface area contributed by atoms with E-state index in [0.717, 1.165) is 42.9 Å². The van der Waals surface area contributed by atoms with Crippen molar-refractivity contribution in [2.75, 3.05) is 25.0 Å². The lowest BCUT2D eigenvalue weighted by molar-refractivity contribution is -0.116. The van der Waals surface area contributed by atoms with Gasteiger partial charge in [-0.25, -0.2) is 17.5 Å². The van der Waals surface area contributed by atoms with Gasteiger partial charge in [-0.15, -0.1) is 11.8 Å². The zero-order valence-corrected chi connectivity index (χ0v) is 19.6. The van der Waals surface area contributed by atoms with E-state index in [1.54, 1.807) is 42.1 Å². The second-order valence-electron chi connectivity index (χ2n) is 8.54. The zero-order chi connectivity index (χ0) is 22.7. The molecule has 1 atom stereocenters. The standard InChI is InChI=1S/C23H28FN3O3S2/c1-16-12-23(28)26-21-13-20(6-7-22(21)31-16)32(29,30)25-14-17-8-10-27(11-9-17)15-18-2-4-19(24)5-3-18/h2-7,13,16-17,25H,8-12,14-15H2,1H3,(H,26,28)/t16-/m1/s1. The van der Waals surface area contributed by atoms with Gasteiger partial charge in [0.25, 0.3) is 0 Å². The van der Waals surface area contributed by atoms with Crippen molar-refractivity contribution in [3.63, 3.8) is 0 Å². The molecule has 1 amide bonds. The molecule has 9 heteroatoms. The number of piperidine rings is 1. The van der Waals surface area contributed by atoms with Crippen LogP contribution in [-0.2, 0) is 21.4 Å². The minimum absolute atomic E-state index is 0.0985. The second-order valence-corrected chi connectivity index (χ2v) is 11.8. The molecule has 1 fully saturated rings. The summed E-state index contributed by atoms with van der Waals surface area (Å²) in [5.74, 6) is -0.0604. The average Bonchev–Trinajstić information content (AvgIpc) is 2.90. The molecule has 0 bridgehead atoms. The minimum atomic E-state index is -3.66. The number of amides is 1. The molecule has 6 nitrogen and oxygen atoms in total. The van der Waals surface area contributed by atoms with Gasteiger partial charge >= 0.3 is 0 Å². The van der Waals surface area contributed by atoms with Gasteiger partial charge in [0.2, 0.25) is 15.9 Å². The Morgan fingerprint density at radius 1 is 1.16 bits per heavy atom. The molecule has 0 spiro atoms. The molecule has 2 heterocycles. The lowest BCUT2D eigenvalue weighted by atomic mass is 9.97. The highest BCUT2D eigenvalue weighted by atomic mass is 32.2. The number of carbonyl (C=O) groups excluding carboxylic acids is 1. The van der Waals surface area contributed by atoms with Crippen LogP contribution in [0.5, 0.6) is 0 Å². The number of hydrogen-bond donors (Lipinski definition) is 2. The molecule has 32 heavy (non-hydrogen) atoms. The molecule has 2 aromatic rings. The molecule has 2 aromatic carbocycles. The van der Waals surface area contributed by atoms with Gasteiger partial charge in [-0.2, -0.15) is 0 Å². The zero-order valence-electron chi connectivity index (χ0n) is 18.0. The predicted octanol–water partition coefficient (Wildman–Crippen LogP) is 3.84. The van der Waals surface area contributed by atoms with Crippen LogP contribution >= 0.6 is 11.8 Å². The van der Waals surface area contributed by atoms with E-state index >= 15 is 0 Å². The Hall–Kier alpha value is -1.94. The quantitative estimate of drug-likeness (QED) is 0.661. The second kappa shape index (κ2) is 9.91. The fourth-order valence-electron chi connectivity index (χ4n) is 4.11. The summed E-state index contributed by atoms with van der Waals surface area (Å²) in [7, 11) is -3.66. The highest BCUT2D eigenvalue weighted by Crippen LogP contribution is 2.36. The first-order valence-electron chi connectivity index (χ1n) is 10.9. The summed E-state index contributed by atoms with van der Waals surface area (Å²) in [5, 5.41) is 2.96. The van der Waals surface area contributed by atoms with Crippen molar-refractivity contribution in [3.05, 3.63) is 53.8 Å². The number of sulfonamides is 1. The number of halogens is 1. The number of carbonyl (C=O) groups is 1. The highest BCUT2D eigenvalue weighted by Gasteiger charge is 2.24. The molecular weight excluding hydrogens is 449 g/mol. The third-order valence-corrected chi connectivity index (χ3v) is 8.53. The van der Waals surface area contributed by atoms with Gasteiger partial charge in [-0.05, 0) is 67.7 Å². The molecule has 1 saturated heterocycles. The van der Waals surface area contributed by atoms with Gasteiger partial charge in [-0.3, -0.25) is 9.69 Å². The molecule has 172 valence electrons. The fraction of sp³-hybridized carbons (Fsp3) is 0.435. The number of fused-ring (bicyclic) bond motifs is 1. The molecule has 0 unspecified atom stereocenters. The summed E-state index contributed by atoms with van der Waals surface area (Å²) in [6, 6.07) is 11.5. The van der Waals surface area contributed by atoms with Crippen molar-refractivity contribution in [1.82, 2.24) is 9.62 Å². The van der Waals surface area contributed by atoms with E-state index in [1.807, 2.05) is 6.92 Å². The molecule has 0 aliphatic carbocycles. The van der Waals surface area contributed by atoms with Crippen molar-refractivity contribution >= 4 is 33.4 Å². The number of rotatable bonds is 6. The molecule has 2 N–H and O–H groups in total. The largest absolute Gasteiger partial charge is 0.325 e. The Kier molecular flexibility index (Phi) is 7.19. The first-order valence-corrected chi connectivity index (χ1v) is 13.2. The number of likely N-dealkylation sites (tertiary alicyclic amines) is 1. The Morgan fingerprint density at radius 3 is 2.59 bits per heavy atom. The number of anilines is 1. The average molecular weight is 478 g/mol. The first kappa shape index (κ1) is 23.2. The number of nitrogens with one attached hydrogen (secondary N) is 2. The van der Waals surface area contributed by atoms with E-state index in [1.165, 1.54) is 12.1 Å². The molecular formula is C23H28FN3O3S2. The third-order valence-electron chi connectivity index (χ3n) is 5.93. The maximum absolute atomic E-state index is 13.1. The molecule has 2 aliphatic heterocycles. The van der Waals surface area contributed by atoms with Crippen molar-refractivity contribution in [1.29, 1.82) is 0 Å². The number of benzene rings is 2. The smallest absolute Gasteiger partial charge is 0.240 e. The first-order chi connectivity index (χ1) is 15.3. The molecule has 2 aliphatic rings. The van der Waals surface area contributed by atoms with Crippen LogP contribution < -0.4 is 10.0 Å². The van der Waals surface area contributed by atoms with Crippen LogP contribution in [0.15, 0.2) is 52.3 Å². The summed E-state index contributed by atoms with van der Waals surface area (Å²) >= 11 is 1.57. The van der Waals surface area contributed by atoms with E-state index in [9.17, 15) is 17.6 Å². The Labute approximate surface area is 193 Å². The summed E-state index contributed by atoms with van der Waals surface area (Å²) in [6.07, 6.45) is 2.20.